The van der Waals surface area contributed by atoms with Gasteiger partial charge in [0.15, 0.2) is 0 Å². The largest absolute Gasteiger partial charge is 0.383 e. The van der Waals surface area contributed by atoms with Crippen LogP contribution in [0.15, 0.2) is 18.3 Å². The molecule has 1 saturated carbocycles. The van der Waals surface area contributed by atoms with Crippen LogP contribution in [0.3, 0.4) is 0 Å². The van der Waals surface area contributed by atoms with Crippen molar-refractivity contribution < 1.29 is 8.78 Å². The van der Waals surface area contributed by atoms with E-state index in [1.165, 1.54) is 0 Å². The van der Waals surface area contributed by atoms with E-state index in [0.717, 1.165) is 18.5 Å². The van der Waals surface area contributed by atoms with Crippen LogP contribution in [0.4, 0.5) is 14.6 Å². The number of nitrogen functional groups attached to an aromatic ring is 1. The molecule has 0 aromatic carbocycles. The van der Waals surface area contributed by atoms with Crippen molar-refractivity contribution in [3.63, 3.8) is 0 Å². The van der Waals surface area contributed by atoms with E-state index in [-0.39, 0.29) is 12.8 Å². The summed E-state index contributed by atoms with van der Waals surface area (Å²) in [7, 11) is 0. The van der Waals surface area contributed by atoms with Crippen molar-refractivity contribution >= 4 is 5.82 Å². The third-order valence-electron chi connectivity index (χ3n) is 3.81. The Kier molecular flexibility index (Phi) is 4.69. The molecule has 0 saturated heterocycles. The Balaban J connectivity index is 1.64. The molecule has 1 aliphatic carbocycles. The summed E-state index contributed by atoms with van der Waals surface area (Å²) < 4.78 is 26.0. The first-order valence-corrected chi connectivity index (χ1v) is 6.85. The number of halogens is 2. The lowest BCUT2D eigenvalue weighted by Gasteiger charge is -2.28. The highest BCUT2D eigenvalue weighted by Crippen LogP contribution is 2.37. The van der Waals surface area contributed by atoms with Gasteiger partial charge in [0.2, 0.25) is 5.92 Å². The topological polar surface area (TPSA) is 50.9 Å². The third-order valence-corrected chi connectivity index (χ3v) is 3.81. The van der Waals surface area contributed by atoms with Crippen molar-refractivity contribution in [2.45, 2.75) is 44.6 Å². The van der Waals surface area contributed by atoms with Gasteiger partial charge in [-0.1, -0.05) is 6.07 Å². The molecule has 3 nitrogen and oxygen atoms in total. The standard InChI is InChI=1S/C14H21F2N3/c15-14(16)6-3-11(4-7-14)5-9-18-10-12-2-1-8-19-13(12)17/h1-2,8,11,18H,3-7,9-10H2,(H2,17,19). The van der Waals surface area contributed by atoms with Crippen molar-refractivity contribution in [2.75, 3.05) is 12.3 Å². The lowest BCUT2D eigenvalue weighted by molar-refractivity contribution is -0.0464. The van der Waals surface area contributed by atoms with Crippen LogP contribution in [0.2, 0.25) is 0 Å². The summed E-state index contributed by atoms with van der Waals surface area (Å²) in [6.45, 7) is 1.52. The van der Waals surface area contributed by atoms with Crippen LogP contribution in [0.5, 0.6) is 0 Å². The zero-order valence-corrected chi connectivity index (χ0v) is 11.0. The van der Waals surface area contributed by atoms with E-state index < -0.39 is 5.92 Å². The van der Waals surface area contributed by atoms with E-state index in [2.05, 4.69) is 10.3 Å². The van der Waals surface area contributed by atoms with Crippen molar-refractivity contribution in [3.8, 4) is 0 Å². The summed E-state index contributed by atoms with van der Waals surface area (Å²) in [4.78, 5) is 4.02. The third kappa shape index (κ3) is 4.42. The van der Waals surface area contributed by atoms with Crippen LogP contribution in [-0.4, -0.2) is 17.5 Å². The molecule has 5 heteroatoms. The highest BCUT2D eigenvalue weighted by molar-refractivity contribution is 5.38. The van der Waals surface area contributed by atoms with Crippen LogP contribution in [0.25, 0.3) is 0 Å². The van der Waals surface area contributed by atoms with Gasteiger partial charge in [-0.05, 0) is 37.8 Å². The van der Waals surface area contributed by atoms with Crippen LogP contribution in [0, 0.1) is 5.92 Å². The fraction of sp³-hybridized carbons (Fsp3) is 0.643. The summed E-state index contributed by atoms with van der Waals surface area (Å²) in [5.41, 5.74) is 6.72. The molecule has 0 spiro atoms. The minimum absolute atomic E-state index is 0.0488. The second-order valence-corrected chi connectivity index (χ2v) is 5.31. The highest BCUT2D eigenvalue weighted by atomic mass is 19.3. The Morgan fingerprint density at radius 3 is 2.79 bits per heavy atom. The fourth-order valence-corrected chi connectivity index (χ4v) is 2.52. The van der Waals surface area contributed by atoms with Crippen molar-refractivity contribution in [2.24, 2.45) is 5.92 Å². The van der Waals surface area contributed by atoms with Crippen molar-refractivity contribution in [1.29, 1.82) is 0 Å². The highest BCUT2D eigenvalue weighted by Gasteiger charge is 2.34. The maximum atomic E-state index is 13.0. The lowest BCUT2D eigenvalue weighted by atomic mass is 9.85. The number of nitrogens with one attached hydrogen (secondary N) is 1. The normalized spacial score (nSPS) is 19.5. The van der Waals surface area contributed by atoms with Crippen LogP contribution >= 0.6 is 0 Å². The molecule has 106 valence electrons. The number of hydrogen-bond donors (Lipinski definition) is 2. The molecular weight excluding hydrogens is 248 g/mol. The Labute approximate surface area is 112 Å². The molecule has 0 radical (unpaired) electrons. The number of nitrogens with two attached hydrogens (primary N) is 1. The van der Waals surface area contributed by atoms with Gasteiger partial charge in [-0.3, -0.25) is 0 Å². The fourth-order valence-electron chi connectivity index (χ4n) is 2.52. The maximum absolute atomic E-state index is 13.0. The van der Waals surface area contributed by atoms with Gasteiger partial charge < -0.3 is 11.1 Å². The van der Waals surface area contributed by atoms with Gasteiger partial charge in [0.25, 0.3) is 0 Å². The first-order chi connectivity index (χ1) is 9.07. The molecule has 1 aliphatic rings. The predicted molar refractivity (Wildman–Crippen MR) is 71.9 cm³/mol. The molecular formula is C14H21F2N3. The SMILES string of the molecule is Nc1ncccc1CNCCC1CCC(F)(F)CC1. The molecule has 3 N–H and O–H groups in total. The molecule has 1 aromatic heterocycles. The van der Waals surface area contributed by atoms with E-state index in [1.807, 2.05) is 12.1 Å². The Morgan fingerprint density at radius 1 is 1.37 bits per heavy atom. The number of rotatable bonds is 5. The molecule has 2 rings (SSSR count). The molecule has 0 amide bonds. The van der Waals surface area contributed by atoms with Gasteiger partial charge in [0.1, 0.15) is 5.82 Å². The summed E-state index contributed by atoms with van der Waals surface area (Å²) in [6, 6.07) is 3.80. The maximum Gasteiger partial charge on any atom is 0.248 e. The summed E-state index contributed by atoms with van der Waals surface area (Å²) in [5, 5.41) is 3.30. The van der Waals surface area contributed by atoms with Gasteiger partial charge >= 0.3 is 0 Å². The van der Waals surface area contributed by atoms with Gasteiger partial charge in [-0.15, -0.1) is 0 Å². The molecule has 1 heterocycles. The van der Waals surface area contributed by atoms with Gasteiger partial charge in [0.05, 0.1) is 0 Å². The lowest BCUT2D eigenvalue weighted by Crippen LogP contribution is -2.27. The van der Waals surface area contributed by atoms with Crippen LogP contribution in [0.1, 0.15) is 37.7 Å². The second kappa shape index (κ2) is 6.28. The smallest absolute Gasteiger partial charge is 0.248 e. The number of alkyl halides is 2. The van der Waals surface area contributed by atoms with E-state index in [1.54, 1.807) is 6.20 Å². The zero-order chi connectivity index (χ0) is 13.7. The van der Waals surface area contributed by atoms with Crippen molar-refractivity contribution in [1.82, 2.24) is 10.3 Å². The predicted octanol–water partition coefficient (Wildman–Crippen LogP) is 2.97. The molecule has 0 unspecified atom stereocenters. The minimum atomic E-state index is -2.42. The van der Waals surface area contributed by atoms with E-state index >= 15 is 0 Å². The molecule has 0 atom stereocenters. The quantitative estimate of drug-likeness (QED) is 0.808. The summed E-state index contributed by atoms with van der Waals surface area (Å²) >= 11 is 0. The first kappa shape index (κ1) is 14.2. The average molecular weight is 269 g/mol. The second-order valence-electron chi connectivity index (χ2n) is 5.31. The molecule has 19 heavy (non-hydrogen) atoms. The summed E-state index contributed by atoms with van der Waals surface area (Å²) in [6.07, 6.45) is 4.01. The monoisotopic (exact) mass is 269 g/mol. The zero-order valence-electron chi connectivity index (χ0n) is 11.0. The average Bonchev–Trinajstić information content (AvgIpc) is 2.38. The Hall–Kier alpha value is -1.23. The van der Waals surface area contributed by atoms with Gasteiger partial charge in [0, 0.05) is 31.1 Å². The van der Waals surface area contributed by atoms with Gasteiger partial charge in [-0.25, -0.2) is 13.8 Å². The van der Waals surface area contributed by atoms with E-state index in [4.69, 9.17) is 5.73 Å². The molecule has 1 fully saturated rings. The number of pyridine rings is 1. The summed E-state index contributed by atoms with van der Waals surface area (Å²) in [5.74, 6) is -1.45. The van der Waals surface area contributed by atoms with Crippen LogP contribution < -0.4 is 11.1 Å². The number of anilines is 1. The number of nitrogens with zero attached hydrogens (tertiary/aromatic N) is 1. The van der Waals surface area contributed by atoms with Gasteiger partial charge in [-0.2, -0.15) is 0 Å². The van der Waals surface area contributed by atoms with Crippen molar-refractivity contribution in [3.05, 3.63) is 23.9 Å². The number of aromatic nitrogens is 1. The Bertz CT molecular complexity index is 399. The first-order valence-electron chi connectivity index (χ1n) is 6.85. The van der Waals surface area contributed by atoms with Crippen LogP contribution in [-0.2, 0) is 6.54 Å². The molecule has 0 aliphatic heterocycles. The van der Waals surface area contributed by atoms with E-state index in [9.17, 15) is 8.78 Å². The van der Waals surface area contributed by atoms with E-state index in [0.29, 0.717) is 31.1 Å². The molecule has 0 bridgehead atoms. The number of hydrogen-bond acceptors (Lipinski definition) is 3. The Morgan fingerprint density at radius 2 is 2.11 bits per heavy atom. The minimum Gasteiger partial charge on any atom is -0.383 e. The molecule has 1 aromatic rings.